The number of carboxylic acid groups (broad SMARTS) is 1. The van der Waals surface area contributed by atoms with Crippen molar-refractivity contribution in [2.75, 3.05) is 19.6 Å². The zero-order valence-electron chi connectivity index (χ0n) is 14.0. The second kappa shape index (κ2) is 7.86. The third-order valence-corrected chi connectivity index (χ3v) is 4.50. The number of hydrogen-bond donors (Lipinski definition) is 2. The molecule has 26 heavy (non-hydrogen) atoms. The van der Waals surface area contributed by atoms with Crippen LogP contribution in [0.2, 0.25) is 0 Å². The number of carboxylic acids is 1. The van der Waals surface area contributed by atoms with E-state index < -0.39 is 12.1 Å². The van der Waals surface area contributed by atoms with Gasteiger partial charge in [-0.3, -0.25) is 14.5 Å². The lowest BCUT2D eigenvalue weighted by Crippen LogP contribution is -2.43. The second-order valence-electron chi connectivity index (χ2n) is 6.30. The smallest absolute Gasteiger partial charge is 0.475 e. The summed E-state index contributed by atoms with van der Waals surface area (Å²) in [6, 6.07) is 7.09. The van der Waals surface area contributed by atoms with Crippen LogP contribution in [0.15, 0.2) is 24.3 Å². The van der Waals surface area contributed by atoms with Gasteiger partial charge >= 0.3 is 12.1 Å². The molecular weight excluding hydrogens is 353 g/mol. The number of benzene rings is 1. The third kappa shape index (κ3) is 4.40. The minimum Gasteiger partial charge on any atom is -0.475 e. The zero-order valence-corrected chi connectivity index (χ0v) is 14.0. The molecule has 0 aromatic heterocycles. The van der Waals surface area contributed by atoms with Gasteiger partial charge in [0, 0.05) is 6.54 Å². The van der Waals surface area contributed by atoms with Gasteiger partial charge in [-0.15, -0.1) is 0 Å². The lowest BCUT2D eigenvalue weighted by molar-refractivity contribution is -0.192. The number of piperidine rings is 1. The highest BCUT2D eigenvalue weighted by Crippen LogP contribution is 2.27. The van der Waals surface area contributed by atoms with Gasteiger partial charge in [0.05, 0.1) is 11.1 Å². The summed E-state index contributed by atoms with van der Waals surface area (Å²) in [6.45, 7) is 4.66. The molecule has 1 saturated heterocycles. The van der Waals surface area contributed by atoms with Crippen LogP contribution in [0.3, 0.4) is 0 Å². The Bertz CT molecular complexity index is 670. The predicted octanol–water partition coefficient (Wildman–Crippen LogP) is 2.16. The van der Waals surface area contributed by atoms with E-state index in [9.17, 15) is 22.8 Å². The fraction of sp³-hybridized carbons (Fsp3) is 0.471. The van der Waals surface area contributed by atoms with Gasteiger partial charge in [-0.25, -0.2) is 4.79 Å². The van der Waals surface area contributed by atoms with E-state index in [0.29, 0.717) is 29.5 Å². The van der Waals surface area contributed by atoms with E-state index in [2.05, 4.69) is 12.2 Å². The van der Waals surface area contributed by atoms with Crippen LogP contribution >= 0.6 is 0 Å². The first-order valence-corrected chi connectivity index (χ1v) is 8.09. The summed E-state index contributed by atoms with van der Waals surface area (Å²) in [5.74, 6) is -2.12. The Kier molecular flexibility index (Phi) is 6.01. The van der Waals surface area contributed by atoms with Gasteiger partial charge in [-0.2, -0.15) is 13.2 Å². The molecule has 9 heteroatoms. The molecule has 2 aliphatic heterocycles. The molecule has 3 rings (SSSR count). The van der Waals surface area contributed by atoms with E-state index >= 15 is 0 Å². The van der Waals surface area contributed by atoms with Gasteiger partial charge in [-0.1, -0.05) is 19.1 Å². The van der Waals surface area contributed by atoms with Crippen molar-refractivity contribution >= 4 is 17.8 Å². The monoisotopic (exact) mass is 372 g/mol. The normalized spacial score (nSPS) is 22.5. The highest BCUT2D eigenvalue weighted by Gasteiger charge is 2.38. The maximum Gasteiger partial charge on any atom is 0.490 e. The Morgan fingerprint density at radius 1 is 1.23 bits per heavy atom. The van der Waals surface area contributed by atoms with Crippen LogP contribution < -0.4 is 5.32 Å². The van der Waals surface area contributed by atoms with Crippen LogP contribution in [-0.2, 0) is 4.79 Å². The van der Waals surface area contributed by atoms with Gasteiger partial charge in [0.1, 0.15) is 0 Å². The van der Waals surface area contributed by atoms with E-state index in [-0.39, 0.29) is 11.8 Å². The van der Waals surface area contributed by atoms with E-state index in [0.717, 1.165) is 19.5 Å². The lowest BCUT2D eigenvalue weighted by atomic mass is 9.87. The molecule has 0 radical (unpaired) electrons. The molecule has 1 aromatic carbocycles. The predicted molar refractivity (Wildman–Crippen MR) is 85.6 cm³/mol. The van der Waals surface area contributed by atoms with Crippen molar-refractivity contribution in [2.45, 2.75) is 19.5 Å². The van der Waals surface area contributed by atoms with Gasteiger partial charge in [0.15, 0.2) is 0 Å². The number of aliphatic carboxylic acids is 1. The van der Waals surface area contributed by atoms with Crippen molar-refractivity contribution in [3.8, 4) is 0 Å². The topological polar surface area (TPSA) is 86.7 Å². The summed E-state index contributed by atoms with van der Waals surface area (Å²) >= 11 is 0. The Hall–Kier alpha value is -2.42. The van der Waals surface area contributed by atoms with Crippen molar-refractivity contribution in [3.05, 3.63) is 35.4 Å². The summed E-state index contributed by atoms with van der Waals surface area (Å²) in [6.07, 6.45) is -4.06. The Morgan fingerprint density at radius 3 is 2.15 bits per heavy atom. The molecule has 142 valence electrons. The van der Waals surface area contributed by atoms with Crippen molar-refractivity contribution in [1.29, 1.82) is 0 Å². The summed E-state index contributed by atoms with van der Waals surface area (Å²) in [5.41, 5.74) is 1.10. The highest BCUT2D eigenvalue weighted by atomic mass is 19.4. The van der Waals surface area contributed by atoms with Crippen LogP contribution in [0.4, 0.5) is 13.2 Å². The molecule has 0 bridgehead atoms. The Labute approximate surface area is 148 Å². The summed E-state index contributed by atoms with van der Waals surface area (Å²) < 4.78 is 31.7. The number of fused-ring (bicyclic) bond motifs is 1. The van der Waals surface area contributed by atoms with E-state index in [1.165, 1.54) is 4.90 Å². The maximum atomic E-state index is 12.3. The average Bonchev–Trinajstić information content (AvgIpc) is 2.82. The van der Waals surface area contributed by atoms with Crippen LogP contribution in [-0.4, -0.2) is 53.6 Å². The third-order valence-electron chi connectivity index (χ3n) is 4.50. The summed E-state index contributed by atoms with van der Waals surface area (Å²) in [5, 5.41) is 10.5. The van der Waals surface area contributed by atoms with Crippen LogP contribution in [0, 0.1) is 11.8 Å². The minimum atomic E-state index is -5.08. The number of hydrogen-bond acceptors (Lipinski definition) is 4. The molecule has 1 fully saturated rings. The Balaban J connectivity index is 0.000000298. The highest BCUT2D eigenvalue weighted by molar-refractivity contribution is 6.21. The Morgan fingerprint density at radius 2 is 1.73 bits per heavy atom. The first-order chi connectivity index (χ1) is 12.1. The number of carbonyl (C=O) groups excluding carboxylic acids is 2. The largest absolute Gasteiger partial charge is 0.490 e. The van der Waals surface area contributed by atoms with Crippen LogP contribution in [0.5, 0.6) is 0 Å². The fourth-order valence-corrected chi connectivity index (χ4v) is 2.98. The lowest BCUT2D eigenvalue weighted by Gasteiger charge is -2.31. The van der Waals surface area contributed by atoms with E-state index in [1.54, 1.807) is 24.3 Å². The zero-order chi connectivity index (χ0) is 19.5. The number of carbonyl (C=O) groups is 3. The standard InChI is InChI=1S/C15H18N2O2.C2HF3O2/c1-10-8-16-7-6-11(10)9-17-14(18)12-4-2-3-5-13(12)15(17)19;3-2(4,5)1(6)7/h2-5,10-11,16H,6-9H2,1H3;(H,6,7)/t10-,11-;/m1./s1. The molecule has 2 atom stereocenters. The molecule has 2 heterocycles. The molecule has 1 aromatic rings. The van der Waals surface area contributed by atoms with E-state index in [1.807, 2.05) is 0 Å². The molecule has 0 saturated carbocycles. The van der Waals surface area contributed by atoms with Gasteiger partial charge in [-0.05, 0) is 43.5 Å². The molecule has 2 amide bonds. The SMILES string of the molecule is C[C@@H]1CNCC[C@@H]1CN1C(=O)c2ccccc2C1=O.O=C(O)C(F)(F)F. The number of alkyl halides is 3. The number of rotatable bonds is 2. The molecule has 2 aliphatic rings. The van der Waals surface area contributed by atoms with Crippen molar-refractivity contribution in [3.63, 3.8) is 0 Å². The van der Waals surface area contributed by atoms with Crippen molar-refractivity contribution in [1.82, 2.24) is 10.2 Å². The second-order valence-corrected chi connectivity index (χ2v) is 6.30. The van der Waals surface area contributed by atoms with Gasteiger partial charge < -0.3 is 10.4 Å². The van der Waals surface area contributed by atoms with Crippen LogP contribution in [0.1, 0.15) is 34.1 Å². The molecular formula is C17H19F3N2O4. The molecule has 6 nitrogen and oxygen atoms in total. The molecule has 0 spiro atoms. The van der Waals surface area contributed by atoms with Crippen LogP contribution in [0.25, 0.3) is 0 Å². The fourth-order valence-electron chi connectivity index (χ4n) is 2.98. The van der Waals surface area contributed by atoms with Gasteiger partial charge in [0.2, 0.25) is 0 Å². The average molecular weight is 372 g/mol. The number of nitrogens with one attached hydrogen (secondary N) is 1. The van der Waals surface area contributed by atoms with Crippen molar-refractivity contribution in [2.24, 2.45) is 11.8 Å². The van der Waals surface area contributed by atoms with Gasteiger partial charge in [0.25, 0.3) is 11.8 Å². The summed E-state index contributed by atoms with van der Waals surface area (Å²) in [7, 11) is 0. The molecule has 0 aliphatic carbocycles. The first-order valence-electron chi connectivity index (χ1n) is 8.09. The quantitative estimate of drug-likeness (QED) is 0.777. The molecule has 2 N–H and O–H groups in total. The van der Waals surface area contributed by atoms with E-state index in [4.69, 9.17) is 9.90 Å². The molecule has 0 unspecified atom stereocenters. The number of imide groups is 1. The van der Waals surface area contributed by atoms with Crippen molar-refractivity contribution < 1.29 is 32.7 Å². The summed E-state index contributed by atoms with van der Waals surface area (Å²) in [4.78, 5) is 34.9. The number of amides is 2. The first kappa shape index (κ1) is 19.9. The minimum absolute atomic E-state index is 0.133. The number of halogens is 3. The number of nitrogens with zero attached hydrogens (tertiary/aromatic N) is 1. The maximum absolute atomic E-state index is 12.3.